The van der Waals surface area contributed by atoms with Gasteiger partial charge in [-0.25, -0.2) is 4.98 Å². The molecular formula is C21H19ClN6. The molecule has 0 radical (unpaired) electrons. The normalized spacial score (nSPS) is 14.5. The van der Waals surface area contributed by atoms with Crippen LogP contribution in [0.15, 0.2) is 48.5 Å². The molecule has 0 atom stereocenters. The number of nitrogens with zero attached hydrogens (tertiary/aromatic N) is 5. The molecule has 0 spiro atoms. The van der Waals surface area contributed by atoms with Crippen LogP contribution in [0, 0.1) is 0 Å². The van der Waals surface area contributed by atoms with Crippen LogP contribution in [0.1, 0.15) is 19.3 Å². The topological polar surface area (TPSA) is 70.6 Å². The largest absolute Gasteiger partial charge is 0.356 e. The zero-order valence-corrected chi connectivity index (χ0v) is 16.0. The SMILES string of the molecule is Clc1cccc2nc(N3CCCCC3)c(-c3nn[nH]n3)c(-c3ccccc3)c12. The highest BCUT2D eigenvalue weighted by Crippen LogP contribution is 2.44. The predicted octanol–water partition coefficient (Wildman–Crippen LogP) is 4.73. The third-order valence-corrected chi connectivity index (χ3v) is 5.54. The molecule has 2 aromatic carbocycles. The van der Waals surface area contributed by atoms with E-state index in [2.05, 4.69) is 37.7 Å². The average Bonchev–Trinajstić information content (AvgIpc) is 3.28. The fourth-order valence-corrected chi connectivity index (χ4v) is 4.23. The molecule has 0 unspecified atom stereocenters. The smallest absolute Gasteiger partial charge is 0.209 e. The Hall–Kier alpha value is -2.99. The first-order chi connectivity index (χ1) is 13.8. The van der Waals surface area contributed by atoms with Crippen LogP contribution in [-0.2, 0) is 0 Å². The van der Waals surface area contributed by atoms with Crippen molar-refractivity contribution in [3.63, 3.8) is 0 Å². The van der Waals surface area contributed by atoms with Gasteiger partial charge in [0.2, 0.25) is 5.82 Å². The van der Waals surface area contributed by atoms with Gasteiger partial charge in [0.1, 0.15) is 5.82 Å². The summed E-state index contributed by atoms with van der Waals surface area (Å²) in [4.78, 5) is 7.36. The zero-order chi connectivity index (χ0) is 18.9. The van der Waals surface area contributed by atoms with Crippen molar-refractivity contribution >= 4 is 28.3 Å². The number of aromatic amines is 1. The molecule has 1 fully saturated rings. The van der Waals surface area contributed by atoms with Gasteiger partial charge in [0, 0.05) is 24.0 Å². The van der Waals surface area contributed by atoms with Gasteiger partial charge in [-0.3, -0.25) is 0 Å². The molecule has 140 valence electrons. The van der Waals surface area contributed by atoms with Gasteiger partial charge >= 0.3 is 0 Å². The molecule has 1 aliphatic heterocycles. The Morgan fingerprint density at radius 3 is 2.46 bits per heavy atom. The van der Waals surface area contributed by atoms with Crippen LogP contribution in [0.3, 0.4) is 0 Å². The highest BCUT2D eigenvalue weighted by molar-refractivity contribution is 6.37. The zero-order valence-electron chi connectivity index (χ0n) is 15.3. The number of tetrazole rings is 1. The van der Waals surface area contributed by atoms with E-state index in [9.17, 15) is 0 Å². The Morgan fingerprint density at radius 1 is 0.893 bits per heavy atom. The first kappa shape index (κ1) is 17.1. The standard InChI is InChI=1S/C21H19ClN6/c22-15-10-7-11-16-18(15)17(14-8-3-1-4-9-14)19(20-24-26-27-25-20)21(23-16)28-12-5-2-6-13-28/h1,3-4,7-11H,2,5-6,12-13H2,(H,24,25,26,27). The van der Waals surface area contributed by atoms with E-state index in [0.717, 1.165) is 59.3 Å². The van der Waals surface area contributed by atoms with Crippen LogP contribution < -0.4 is 4.90 Å². The number of aromatic nitrogens is 5. The Kier molecular flexibility index (Phi) is 4.41. The highest BCUT2D eigenvalue weighted by Gasteiger charge is 2.26. The molecule has 0 bridgehead atoms. The van der Waals surface area contributed by atoms with Gasteiger partial charge in [-0.15, -0.1) is 10.2 Å². The molecule has 7 heteroatoms. The molecule has 0 saturated carbocycles. The number of fused-ring (bicyclic) bond motifs is 1. The van der Waals surface area contributed by atoms with E-state index < -0.39 is 0 Å². The third-order valence-electron chi connectivity index (χ3n) is 5.23. The summed E-state index contributed by atoms with van der Waals surface area (Å²) in [5, 5.41) is 16.6. The molecule has 4 aromatic rings. The molecular weight excluding hydrogens is 372 g/mol. The van der Waals surface area contributed by atoms with Crippen molar-refractivity contribution in [1.82, 2.24) is 25.6 Å². The van der Waals surface area contributed by atoms with Crippen LogP contribution in [0.2, 0.25) is 5.02 Å². The number of benzene rings is 2. The van der Waals surface area contributed by atoms with Crippen molar-refractivity contribution in [2.45, 2.75) is 19.3 Å². The Bertz CT molecular complexity index is 1100. The molecule has 0 aliphatic carbocycles. The van der Waals surface area contributed by atoms with Gasteiger partial charge in [0.25, 0.3) is 0 Å². The maximum Gasteiger partial charge on any atom is 0.209 e. The van der Waals surface area contributed by atoms with E-state index >= 15 is 0 Å². The van der Waals surface area contributed by atoms with Gasteiger partial charge in [-0.05, 0) is 42.2 Å². The number of hydrogen-bond acceptors (Lipinski definition) is 5. The number of nitrogens with one attached hydrogen (secondary N) is 1. The second-order valence-electron chi connectivity index (χ2n) is 6.97. The lowest BCUT2D eigenvalue weighted by atomic mass is 9.94. The summed E-state index contributed by atoms with van der Waals surface area (Å²) in [6.45, 7) is 1.94. The van der Waals surface area contributed by atoms with Crippen LogP contribution in [0.5, 0.6) is 0 Å². The summed E-state index contributed by atoms with van der Waals surface area (Å²) < 4.78 is 0. The monoisotopic (exact) mass is 390 g/mol. The van der Waals surface area contributed by atoms with Gasteiger partial charge < -0.3 is 4.90 Å². The number of anilines is 1. The number of pyridine rings is 1. The van der Waals surface area contributed by atoms with Crippen molar-refractivity contribution in [2.24, 2.45) is 0 Å². The number of H-pyrrole nitrogens is 1. The molecule has 1 aliphatic rings. The van der Waals surface area contributed by atoms with Gasteiger partial charge in [-0.1, -0.05) is 48.0 Å². The Morgan fingerprint density at radius 2 is 1.71 bits per heavy atom. The van der Waals surface area contributed by atoms with E-state index in [1.807, 2.05) is 36.4 Å². The van der Waals surface area contributed by atoms with Crippen LogP contribution in [-0.4, -0.2) is 38.7 Å². The lowest BCUT2D eigenvalue weighted by molar-refractivity contribution is 0.574. The van der Waals surface area contributed by atoms with Crippen LogP contribution in [0.4, 0.5) is 5.82 Å². The molecule has 1 saturated heterocycles. The maximum atomic E-state index is 6.67. The van der Waals surface area contributed by atoms with E-state index in [4.69, 9.17) is 16.6 Å². The van der Waals surface area contributed by atoms with E-state index in [1.54, 1.807) is 0 Å². The van der Waals surface area contributed by atoms with E-state index in [1.165, 1.54) is 6.42 Å². The van der Waals surface area contributed by atoms with Gasteiger partial charge in [0.05, 0.1) is 16.1 Å². The second kappa shape index (κ2) is 7.20. The fraction of sp³-hybridized carbons (Fsp3) is 0.238. The maximum absolute atomic E-state index is 6.67. The molecule has 1 N–H and O–H groups in total. The molecule has 3 heterocycles. The number of piperidine rings is 1. The van der Waals surface area contributed by atoms with Gasteiger partial charge in [-0.2, -0.15) is 5.21 Å². The molecule has 28 heavy (non-hydrogen) atoms. The quantitative estimate of drug-likeness (QED) is 0.547. The Labute approximate surface area is 167 Å². The summed E-state index contributed by atoms with van der Waals surface area (Å²) in [5.74, 6) is 1.43. The second-order valence-corrected chi connectivity index (χ2v) is 7.38. The van der Waals surface area contributed by atoms with Crippen molar-refractivity contribution in [3.05, 3.63) is 53.6 Å². The number of hydrogen-bond donors (Lipinski definition) is 1. The van der Waals surface area contributed by atoms with Gasteiger partial charge in [0.15, 0.2) is 0 Å². The summed E-state index contributed by atoms with van der Waals surface area (Å²) in [6.07, 6.45) is 3.56. The third kappa shape index (κ3) is 2.90. The van der Waals surface area contributed by atoms with E-state index in [0.29, 0.717) is 10.8 Å². The fourth-order valence-electron chi connectivity index (χ4n) is 3.97. The van der Waals surface area contributed by atoms with Crippen molar-refractivity contribution in [1.29, 1.82) is 0 Å². The molecule has 0 amide bonds. The number of rotatable bonds is 3. The number of halogens is 1. The minimum atomic E-state index is 0.536. The van der Waals surface area contributed by atoms with Crippen molar-refractivity contribution < 1.29 is 0 Å². The van der Waals surface area contributed by atoms with Crippen molar-refractivity contribution in [2.75, 3.05) is 18.0 Å². The minimum Gasteiger partial charge on any atom is -0.356 e. The Balaban J connectivity index is 1.91. The molecule has 6 nitrogen and oxygen atoms in total. The van der Waals surface area contributed by atoms with Crippen LogP contribution >= 0.6 is 11.6 Å². The summed E-state index contributed by atoms with van der Waals surface area (Å²) in [5.41, 5.74) is 3.81. The average molecular weight is 391 g/mol. The highest BCUT2D eigenvalue weighted by atomic mass is 35.5. The van der Waals surface area contributed by atoms with Crippen molar-refractivity contribution in [3.8, 4) is 22.5 Å². The first-order valence-electron chi connectivity index (χ1n) is 9.49. The predicted molar refractivity (Wildman–Crippen MR) is 111 cm³/mol. The van der Waals surface area contributed by atoms with E-state index in [-0.39, 0.29) is 0 Å². The molecule has 5 rings (SSSR count). The lowest BCUT2D eigenvalue weighted by Crippen LogP contribution is -2.31. The molecule has 2 aromatic heterocycles. The first-order valence-corrected chi connectivity index (χ1v) is 9.87. The lowest BCUT2D eigenvalue weighted by Gasteiger charge is -2.30. The summed E-state index contributed by atoms with van der Waals surface area (Å²) >= 11 is 6.67. The minimum absolute atomic E-state index is 0.536. The summed E-state index contributed by atoms with van der Waals surface area (Å²) in [7, 11) is 0. The van der Waals surface area contributed by atoms with Crippen LogP contribution in [0.25, 0.3) is 33.4 Å². The summed E-state index contributed by atoms with van der Waals surface area (Å²) in [6, 6.07) is 16.1.